The van der Waals surface area contributed by atoms with E-state index in [4.69, 9.17) is 10.8 Å². The number of hydrogen-bond donors (Lipinski definition) is 3. The fraction of sp³-hybridized carbons (Fsp3) is 0.250. The topological polar surface area (TPSA) is 109 Å². The van der Waals surface area contributed by atoms with Gasteiger partial charge < -0.3 is 16.2 Å². The Bertz CT molecular complexity index is 592. The molecular weight excluding hydrogens is 617 g/mol. The van der Waals surface area contributed by atoms with Crippen molar-refractivity contribution in [2.24, 2.45) is 5.73 Å². The van der Waals surface area contributed by atoms with Crippen molar-refractivity contribution in [3.8, 4) is 0 Å². The van der Waals surface area contributed by atoms with Crippen LogP contribution in [0.2, 0.25) is 0 Å². The predicted octanol–water partition coefficient (Wildman–Crippen LogP) is 1.95. The summed E-state index contributed by atoms with van der Waals surface area (Å²) in [6.45, 7) is 0. The van der Waals surface area contributed by atoms with Crippen LogP contribution in [0.1, 0.15) is 23.2 Å². The van der Waals surface area contributed by atoms with Crippen molar-refractivity contribution in [2.45, 2.75) is 18.9 Å². The van der Waals surface area contributed by atoms with Crippen molar-refractivity contribution in [3.05, 3.63) is 28.4 Å². The minimum atomic E-state index is -1.19. The Balaban J connectivity index is 2.92. The molecule has 9 heteroatoms. The summed E-state index contributed by atoms with van der Waals surface area (Å²) in [5.74, 6) is -2.28. The van der Waals surface area contributed by atoms with Gasteiger partial charge in [-0.05, 0) is 86.3 Å². The molecule has 0 aliphatic carbocycles. The lowest BCUT2D eigenvalue weighted by molar-refractivity contribution is -0.139. The Morgan fingerprint density at radius 3 is 2.38 bits per heavy atom. The second kappa shape index (κ2) is 8.45. The molecule has 0 aliphatic heterocycles. The van der Waals surface area contributed by atoms with Crippen LogP contribution >= 0.6 is 67.8 Å². The van der Waals surface area contributed by atoms with Gasteiger partial charge in [-0.3, -0.25) is 9.59 Å². The number of benzene rings is 1. The number of aliphatic carboxylic acids is 1. The monoisotopic (exact) mass is 628 g/mol. The molecule has 1 aromatic carbocycles. The van der Waals surface area contributed by atoms with Crippen molar-refractivity contribution in [2.75, 3.05) is 0 Å². The normalized spacial score (nSPS) is 11.8. The van der Waals surface area contributed by atoms with Crippen molar-refractivity contribution in [1.29, 1.82) is 0 Å². The molecule has 0 heterocycles. The zero-order valence-electron chi connectivity index (χ0n) is 10.5. The molecule has 0 spiro atoms. The summed E-state index contributed by atoms with van der Waals surface area (Å²) >= 11 is 6.24. The molecule has 1 atom stereocenters. The summed E-state index contributed by atoms with van der Waals surface area (Å²) < 4.78 is 2.55. The van der Waals surface area contributed by atoms with E-state index >= 15 is 0 Å². The highest BCUT2D eigenvalue weighted by Crippen LogP contribution is 2.23. The highest BCUT2D eigenvalue weighted by Gasteiger charge is 2.23. The Labute approximate surface area is 162 Å². The molecule has 0 saturated carbocycles. The molecule has 114 valence electrons. The smallest absolute Gasteiger partial charge is 0.326 e. The molecule has 0 bridgehead atoms. The highest BCUT2D eigenvalue weighted by atomic mass is 127. The van der Waals surface area contributed by atoms with Crippen molar-refractivity contribution in [3.63, 3.8) is 0 Å². The van der Waals surface area contributed by atoms with Gasteiger partial charge in [0.05, 0.1) is 5.56 Å². The van der Waals surface area contributed by atoms with E-state index in [-0.39, 0.29) is 12.8 Å². The molecule has 21 heavy (non-hydrogen) atoms. The fourth-order valence-electron chi connectivity index (χ4n) is 1.50. The molecule has 2 amide bonds. The van der Waals surface area contributed by atoms with Gasteiger partial charge in [-0.1, -0.05) is 0 Å². The number of carbonyl (C=O) groups is 3. The van der Waals surface area contributed by atoms with Gasteiger partial charge in [0.2, 0.25) is 5.91 Å². The van der Waals surface area contributed by atoms with Crippen LogP contribution in [0.25, 0.3) is 0 Å². The zero-order chi connectivity index (χ0) is 16.2. The van der Waals surface area contributed by atoms with E-state index in [0.717, 1.165) is 10.7 Å². The van der Waals surface area contributed by atoms with Crippen LogP contribution in [0, 0.1) is 10.7 Å². The molecule has 4 N–H and O–H groups in total. The first kappa shape index (κ1) is 18.9. The van der Waals surface area contributed by atoms with Crippen LogP contribution in [0.3, 0.4) is 0 Å². The molecule has 0 fully saturated rings. The first-order chi connectivity index (χ1) is 9.72. The SMILES string of the molecule is NC(=O)CC[C@@H](NC(=O)c1cc(I)cc(I)c1I)C(=O)O. The maximum absolute atomic E-state index is 12.2. The number of amides is 2. The van der Waals surface area contributed by atoms with Gasteiger partial charge in [-0.15, -0.1) is 0 Å². The van der Waals surface area contributed by atoms with E-state index in [2.05, 4.69) is 50.5 Å². The van der Waals surface area contributed by atoms with Crippen molar-refractivity contribution < 1.29 is 19.5 Å². The molecule has 1 aromatic rings. The van der Waals surface area contributed by atoms with Gasteiger partial charge in [-0.2, -0.15) is 0 Å². The van der Waals surface area contributed by atoms with Crippen molar-refractivity contribution >= 4 is 85.6 Å². The van der Waals surface area contributed by atoms with Gasteiger partial charge in [-0.25, -0.2) is 4.79 Å². The second-order valence-corrected chi connectivity index (χ2v) is 7.60. The summed E-state index contributed by atoms with van der Waals surface area (Å²) in [6.07, 6.45) is -0.133. The summed E-state index contributed by atoms with van der Waals surface area (Å²) in [7, 11) is 0. The highest BCUT2D eigenvalue weighted by molar-refractivity contribution is 14.1. The Hall–Kier alpha value is -0.180. The number of carboxylic acid groups (broad SMARTS) is 1. The van der Waals surface area contributed by atoms with E-state index in [1.165, 1.54) is 0 Å². The minimum absolute atomic E-state index is 0.0337. The minimum Gasteiger partial charge on any atom is -0.480 e. The molecular formula is C12H11I3N2O4. The quantitative estimate of drug-likeness (QED) is 0.331. The number of carboxylic acids is 1. The third-order valence-corrected chi connectivity index (χ3v) is 6.19. The molecule has 0 aliphatic rings. The third kappa shape index (κ3) is 5.84. The first-order valence-electron chi connectivity index (χ1n) is 5.69. The first-order valence-corrected chi connectivity index (χ1v) is 8.92. The van der Waals surface area contributed by atoms with Gasteiger partial charge >= 0.3 is 5.97 Å². The van der Waals surface area contributed by atoms with Crippen LogP contribution in [0.4, 0.5) is 0 Å². The van der Waals surface area contributed by atoms with E-state index in [1.807, 2.05) is 28.7 Å². The summed E-state index contributed by atoms with van der Waals surface area (Å²) in [4.78, 5) is 34.1. The number of hydrogen-bond acceptors (Lipinski definition) is 3. The Morgan fingerprint density at radius 1 is 1.24 bits per heavy atom. The number of primary amides is 1. The second-order valence-electron chi connectivity index (χ2n) is 4.12. The van der Waals surface area contributed by atoms with E-state index in [1.54, 1.807) is 6.07 Å². The molecule has 6 nitrogen and oxygen atoms in total. The van der Waals surface area contributed by atoms with E-state index in [0.29, 0.717) is 5.56 Å². The average molecular weight is 628 g/mol. The molecule has 0 unspecified atom stereocenters. The Morgan fingerprint density at radius 2 is 1.86 bits per heavy atom. The van der Waals surface area contributed by atoms with Gasteiger partial charge in [0.15, 0.2) is 0 Å². The average Bonchev–Trinajstić information content (AvgIpc) is 2.37. The molecule has 0 aromatic heterocycles. The maximum Gasteiger partial charge on any atom is 0.326 e. The van der Waals surface area contributed by atoms with E-state index < -0.39 is 23.8 Å². The number of halogens is 3. The number of nitrogens with one attached hydrogen (secondary N) is 1. The maximum atomic E-state index is 12.2. The molecule has 0 radical (unpaired) electrons. The number of nitrogens with two attached hydrogens (primary N) is 1. The number of rotatable bonds is 6. The standard InChI is InChI=1S/C12H11I3N2O4/c13-5-3-6(10(15)7(14)4-5)11(19)17-8(12(20)21)1-2-9(16)18/h3-4,8H,1-2H2,(H2,16,18)(H,17,19)(H,20,21)/t8-/m1/s1. The van der Waals surface area contributed by atoms with Crippen molar-refractivity contribution in [1.82, 2.24) is 5.32 Å². The molecule has 1 rings (SSSR count). The summed E-state index contributed by atoms with van der Waals surface area (Å²) in [5.41, 5.74) is 5.41. The molecule has 0 saturated heterocycles. The zero-order valence-corrected chi connectivity index (χ0v) is 17.0. The van der Waals surface area contributed by atoms with Gasteiger partial charge in [0.1, 0.15) is 6.04 Å². The fourth-order valence-corrected chi connectivity index (χ4v) is 3.90. The van der Waals surface area contributed by atoms with Crippen LogP contribution in [0.15, 0.2) is 12.1 Å². The largest absolute Gasteiger partial charge is 0.480 e. The van der Waals surface area contributed by atoms with Crippen LogP contribution in [0.5, 0.6) is 0 Å². The van der Waals surface area contributed by atoms with Crippen LogP contribution < -0.4 is 11.1 Å². The Kier molecular flexibility index (Phi) is 7.59. The third-order valence-electron chi connectivity index (χ3n) is 2.52. The summed E-state index contributed by atoms with van der Waals surface area (Å²) in [5, 5.41) is 11.5. The lowest BCUT2D eigenvalue weighted by Gasteiger charge is -2.15. The predicted molar refractivity (Wildman–Crippen MR) is 102 cm³/mol. The number of carbonyl (C=O) groups excluding carboxylic acids is 2. The van der Waals surface area contributed by atoms with Crippen LogP contribution in [-0.4, -0.2) is 28.9 Å². The van der Waals surface area contributed by atoms with Crippen LogP contribution in [-0.2, 0) is 9.59 Å². The lowest BCUT2D eigenvalue weighted by Crippen LogP contribution is -2.41. The van der Waals surface area contributed by atoms with E-state index in [9.17, 15) is 14.4 Å². The van der Waals surface area contributed by atoms with Gasteiger partial charge in [0, 0.05) is 17.1 Å². The lowest BCUT2D eigenvalue weighted by atomic mass is 10.1. The summed E-state index contributed by atoms with van der Waals surface area (Å²) in [6, 6.07) is 2.46. The van der Waals surface area contributed by atoms with Gasteiger partial charge in [0.25, 0.3) is 5.91 Å².